The standard InChI is InChI=1S/C21H28N2O4/c1-7-21(5,6)23-18(26)14-10-8-9-11(15(14)19(23)27)13-12(10)16(24)22(17(13)25)20(2,3)4/h8-15H,7H2,1-6H3. The summed E-state index contributed by atoms with van der Waals surface area (Å²) in [5.74, 6) is -3.55. The molecule has 2 saturated heterocycles. The van der Waals surface area contributed by atoms with E-state index in [0.29, 0.717) is 6.42 Å². The number of amides is 4. The Morgan fingerprint density at radius 2 is 1.04 bits per heavy atom. The number of hydrogen-bond acceptors (Lipinski definition) is 4. The summed E-state index contributed by atoms with van der Waals surface area (Å²) in [6, 6.07) is 0. The zero-order valence-electron chi connectivity index (χ0n) is 16.9. The Hall–Kier alpha value is -1.98. The van der Waals surface area contributed by atoms with Crippen molar-refractivity contribution in [3.05, 3.63) is 12.2 Å². The van der Waals surface area contributed by atoms with Gasteiger partial charge in [0.05, 0.1) is 23.7 Å². The maximum absolute atomic E-state index is 13.3. The molecule has 0 radical (unpaired) electrons. The lowest BCUT2D eigenvalue weighted by Gasteiger charge is -2.44. The average molecular weight is 372 g/mol. The zero-order chi connectivity index (χ0) is 20.0. The first-order valence-corrected chi connectivity index (χ1v) is 9.87. The molecule has 6 atom stereocenters. The highest BCUT2D eigenvalue weighted by molar-refractivity contribution is 6.11. The van der Waals surface area contributed by atoms with Crippen molar-refractivity contribution >= 4 is 23.6 Å². The summed E-state index contributed by atoms with van der Waals surface area (Å²) >= 11 is 0. The summed E-state index contributed by atoms with van der Waals surface area (Å²) in [5.41, 5.74) is -1.17. The minimum atomic E-state index is -0.607. The Balaban J connectivity index is 1.78. The molecule has 6 unspecified atom stereocenters. The minimum absolute atomic E-state index is 0.177. The van der Waals surface area contributed by atoms with Crippen LogP contribution in [0.15, 0.2) is 12.2 Å². The largest absolute Gasteiger partial charge is 0.277 e. The number of hydrogen-bond donors (Lipinski definition) is 0. The van der Waals surface area contributed by atoms with Crippen LogP contribution in [0.4, 0.5) is 0 Å². The maximum atomic E-state index is 13.3. The summed E-state index contributed by atoms with van der Waals surface area (Å²) in [6.07, 6.45) is 4.49. The Morgan fingerprint density at radius 3 is 1.33 bits per heavy atom. The fourth-order valence-electron chi connectivity index (χ4n) is 5.64. The maximum Gasteiger partial charge on any atom is 0.234 e. The molecule has 1 saturated carbocycles. The molecule has 2 heterocycles. The van der Waals surface area contributed by atoms with Gasteiger partial charge in [-0.25, -0.2) is 0 Å². The third kappa shape index (κ3) is 2.13. The SMILES string of the molecule is CCC(C)(C)N1C(=O)C2C3C=CC(C4C(=O)N(C(C)(C)C)C(=O)C34)C2C1=O. The van der Waals surface area contributed by atoms with Crippen LogP contribution < -0.4 is 0 Å². The van der Waals surface area contributed by atoms with Crippen molar-refractivity contribution in [3.8, 4) is 0 Å². The number of nitrogens with zero attached hydrogens (tertiary/aromatic N) is 2. The van der Waals surface area contributed by atoms with Gasteiger partial charge in [-0.2, -0.15) is 0 Å². The van der Waals surface area contributed by atoms with Gasteiger partial charge in [0.2, 0.25) is 23.6 Å². The van der Waals surface area contributed by atoms with Crippen LogP contribution in [0.25, 0.3) is 0 Å². The van der Waals surface area contributed by atoms with Crippen molar-refractivity contribution in [1.29, 1.82) is 0 Å². The van der Waals surface area contributed by atoms with Crippen LogP contribution in [0.2, 0.25) is 0 Å². The lowest BCUT2D eigenvalue weighted by molar-refractivity contribution is -0.146. The second-order valence-electron chi connectivity index (χ2n) is 10.0. The molecule has 5 rings (SSSR count). The lowest BCUT2D eigenvalue weighted by atomic mass is 9.54. The number of rotatable bonds is 2. The van der Waals surface area contributed by atoms with Gasteiger partial charge >= 0.3 is 0 Å². The van der Waals surface area contributed by atoms with Gasteiger partial charge in [-0.15, -0.1) is 0 Å². The predicted octanol–water partition coefficient (Wildman–Crippen LogP) is 1.99. The van der Waals surface area contributed by atoms with Crippen molar-refractivity contribution < 1.29 is 19.2 Å². The molecule has 3 aliphatic carbocycles. The molecule has 27 heavy (non-hydrogen) atoms. The van der Waals surface area contributed by atoms with Gasteiger partial charge in [-0.1, -0.05) is 19.1 Å². The Bertz CT molecular complexity index is 740. The van der Waals surface area contributed by atoms with Crippen molar-refractivity contribution in [2.75, 3.05) is 0 Å². The lowest BCUT2D eigenvalue weighted by Crippen LogP contribution is -2.50. The van der Waals surface area contributed by atoms with Gasteiger partial charge in [0.15, 0.2) is 0 Å². The van der Waals surface area contributed by atoms with Crippen LogP contribution in [-0.2, 0) is 19.2 Å². The second kappa shape index (κ2) is 5.30. The van der Waals surface area contributed by atoms with Crippen LogP contribution in [0.5, 0.6) is 0 Å². The molecule has 0 aromatic heterocycles. The number of allylic oxidation sites excluding steroid dienone is 2. The highest BCUT2D eigenvalue weighted by Gasteiger charge is 2.70. The van der Waals surface area contributed by atoms with E-state index >= 15 is 0 Å². The van der Waals surface area contributed by atoms with Crippen molar-refractivity contribution in [3.63, 3.8) is 0 Å². The van der Waals surface area contributed by atoms with E-state index in [1.165, 1.54) is 9.80 Å². The van der Waals surface area contributed by atoms with Crippen LogP contribution in [0.3, 0.4) is 0 Å². The third-order valence-electron chi connectivity index (χ3n) is 7.15. The Morgan fingerprint density at radius 1 is 0.704 bits per heavy atom. The van der Waals surface area contributed by atoms with Crippen molar-refractivity contribution in [2.45, 2.75) is 59.0 Å². The summed E-state index contributed by atoms with van der Waals surface area (Å²) in [6.45, 7) is 11.3. The number of carbonyl (C=O) groups is 4. The number of likely N-dealkylation sites (tertiary alicyclic amines) is 2. The van der Waals surface area contributed by atoms with Crippen LogP contribution >= 0.6 is 0 Å². The van der Waals surface area contributed by atoms with Gasteiger partial charge in [-0.3, -0.25) is 29.0 Å². The molecule has 5 aliphatic rings. The van der Waals surface area contributed by atoms with Crippen LogP contribution in [0.1, 0.15) is 48.0 Å². The van der Waals surface area contributed by atoms with Crippen LogP contribution in [-0.4, -0.2) is 44.5 Å². The fraction of sp³-hybridized carbons (Fsp3) is 0.714. The van der Waals surface area contributed by atoms with Gasteiger partial charge in [-0.05, 0) is 41.0 Å². The van der Waals surface area contributed by atoms with Crippen molar-refractivity contribution in [1.82, 2.24) is 9.80 Å². The van der Waals surface area contributed by atoms with Gasteiger partial charge < -0.3 is 0 Å². The molecule has 0 aromatic rings. The van der Waals surface area contributed by atoms with E-state index in [1.807, 2.05) is 53.7 Å². The van der Waals surface area contributed by atoms with E-state index in [4.69, 9.17) is 0 Å². The molecule has 2 bridgehead atoms. The summed E-state index contributed by atoms with van der Waals surface area (Å²) in [7, 11) is 0. The van der Waals surface area contributed by atoms with E-state index in [2.05, 4.69) is 0 Å². The monoisotopic (exact) mass is 372 g/mol. The molecule has 6 nitrogen and oxygen atoms in total. The van der Waals surface area contributed by atoms with E-state index in [-0.39, 0.29) is 35.5 Å². The smallest absolute Gasteiger partial charge is 0.234 e. The first-order chi connectivity index (χ1) is 12.4. The fourth-order valence-corrected chi connectivity index (χ4v) is 5.64. The summed E-state index contributed by atoms with van der Waals surface area (Å²) < 4.78 is 0. The summed E-state index contributed by atoms with van der Waals surface area (Å²) in [5, 5.41) is 0. The second-order valence-corrected chi connectivity index (χ2v) is 10.0. The summed E-state index contributed by atoms with van der Waals surface area (Å²) in [4.78, 5) is 55.6. The third-order valence-corrected chi connectivity index (χ3v) is 7.15. The van der Waals surface area contributed by atoms with E-state index in [1.54, 1.807) is 0 Å². The van der Waals surface area contributed by atoms with Crippen molar-refractivity contribution in [2.24, 2.45) is 35.5 Å². The normalized spacial score (nSPS) is 38.1. The van der Waals surface area contributed by atoms with Gasteiger partial charge in [0.25, 0.3) is 0 Å². The zero-order valence-corrected chi connectivity index (χ0v) is 16.9. The molecule has 6 heteroatoms. The van der Waals surface area contributed by atoms with Crippen LogP contribution in [0, 0.1) is 35.5 Å². The highest BCUT2D eigenvalue weighted by atomic mass is 16.2. The average Bonchev–Trinajstić information content (AvgIpc) is 3.02. The first-order valence-electron chi connectivity index (χ1n) is 9.87. The quantitative estimate of drug-likeness (QED) is 0.549. The van der Waals surface area contributed by atoms with Gasteiger partial charge in [0, 0.05) is 22.9 Å². The van der Waals surface area contributed by atoms with E-state index < -0.39 is 34.7 Å². The van der Waals surface area contributed by atoms with E-state index in [9.17, 15) is 19.2 Å². The van der Waals surface area contributed by atoms with Gasteiger partial charge in [0.1, 0.15) is 0 Å². The Labute approximate surface area is 159 Å². The number of carbonyl (C=O) groups excluding carboxylic acids is 4. The molecule has 4 amide bonds. The number of imide groups is 2. The molecule has 146 valence electrons. The topological polar surface area (TPSA) is 74.8 Å². The molecule has 0 spiro atoms. The molecule has 2 aliphatic heterocycles. The molecule has 0 N–H and O–H groups in total. The first kappa shape index (κ1) is 18.4. The molecule has 0 aromatic carbocycles. The predicted molar refractivity (Wildman–Crippen MR) is 97.9 cm³/mol. The van der Waals surface area contributed by atoms with E-state index in [0.717, 1.165) is 0 Å². The minimum Gasteiger partial charge on any atom is -0.277 e. The highest BCUT2D eigenvalue weighted by Crippen LogP contribution is 2.59. The molecule has 3 fully saturated rings. The molecular formula is C21H28N2O4. The molecular weight excluding hydrogens is 344 g/mol. The Kier molecular flexibility index (Phi) is 3.61.